The molecule has 9 heteroatoms. The van der Waals surface area contributed by atoms with Gasteiger partial charge in [-0.25, -0.2) is 13.1 Å². The van der Waals surface area contributed by atoms with Crippen molar-refractivity contribution in [3.8, 4) is 5.75 Å². The van der Waals surface area contributed by atoms with Crippen LogP contribution in [0.5, 0.6) is 5.75 Å². The van der Waals surface area contributed by atoms with Gasteiger partial charge in [0.2, 0.25) is 10.0 Å². The molecule has 0 aliphatic heterocycles. The molecular formula is C12H12N2O6S. The Bertz CT molecular complexity index is 739. The van der Waals surface area contributed by atoms with Gasteiger partial charge in [-0.15, -0.1) is 0 Å². The van der Waals surface area contributed by atoms with Crippen molar-refractivity contribution in [1.29, 1.82) is 0 Å². The van der Waals surface area contributed by atoms with Gasteiger partial charge in [-0.1, -0.05) is 0 Å². The van der Waals surface area contributed by atoms with Crippen LogP contribution in [0.3, 0.4) is 0 Å². The summed E-state index contributed by atoms with van der Waals surface area (Å²) in [5.74, 6) is 0.423. The fourth-order valence-corrected chi connectivity index (χ4v) is 2.66. The van der Waals surface area contributed by atoms with Gasteiger partial charge < -0.3 is 9.15 Å². The smallest absolute Gasteiger partial charge is 0.312 e. The predicted molar refractivity (Wildman–Crippen MR) is 72.4 cm³/mol. The van der Waals surface area contributed by atoms with Crippen LogP contribution in [0.1, 0.15) is 5.76 Å². The molecule has 1 heterocycles. The quantitative estimate of drug-likeness (QED) is 0.641. The maximum atomic E-state index is 12.1. The van der Waals surface area contributed by atoms with E-state index in [-0.39, 0.29) is 17.2 Å². The Balaban J connectivity index is 2.27. The molecule has 0 unspecified atom stereocenters. The number of hydrogen-bond donors (Lipinski definition) is 1. The van der Waals surface area contributed by atoms with E-state index in [0.717, 1.165) is 6.07 Å². The Kier molecular flexibility index (Phi) is 4.24. The summed E-state index contributed by atoms with van der Waals surface area (Å²) in [5.41, 5.74) is -0.418. The number of hydrogen-bond acceptors (Lipinski definition) is 6. The third-order valence-corrected chi connectivity index (χ3v) is 4.07. The van der Waals surface area contributed by atoms with Crippen LogP contribution in [0.2, 0.25) is 0 Å². The fourth-order valence-electron chi connectivity index (χ4n) is 1.64. The van der Waals surface area contributed by atoms with Gasteiger partial charge in [0, 0.05) is 6.07 Å². The second-order valence-corrected chi connectivity index (χ2v) is 5.76. The first kappa shape index (κ1) is 15.0. The normalized spacial score (nSPS) is 11.3. The van der Waals surface area contributed by atoms with E-state index in [1.54, 1.807) is 12.1 Å². The Morgan fingerprint density at radius 2 is 2.14 bits per heavy atom. The van der Waals surface area contributed by atoms with E-state index in [1.807, 2.05) is 0 Å². The molecule has 0 spiro atoms. The van der Waals surface area contributed by atoms with E-state index in [9.17, 15) is 18.5 Å². The molecule has 112 valence electrons. The second kappa shape index (κ2) is 5.94. The summed E-state index contributed by atoms with van der Waals surface area (Å²) >= 11 is 0. The average molecular weight is 312 g/mol. The summed E-state index contributed by atoms with van der Waals surface area (Å²) in [7, 11) is -2.62. The molecule has 0 radical (unpaired) electrons. The van der Waals surface area contributed by atoms with Crippen LogP contribution in [0, 0.1) is 10.1 Å². The molecule has 0 fully saturated rings. The van der Waals surface area contributed by atoms with Crippen LogP contribution in [0.15, 0.2) is 45.9 Å². The van der Waals surface area contributed by atoms with Gasteiger partial charge in [0.15, 0.2) is 5.75 Å². The minimum Gasteiger partial charge on any atom is -0.490 e. The van der Waals surface area contributed by atoms with Crippen molar-refractivity contribution in [3.05, 3.63) is 52.5 Å². The van der Waals surface area contributed by atoms with E-state index in [0.29, 0.717) is 5.76 Å². The van der Waals surface area contributed by atoms with Crippen LogP contribution in [-0.2, 0) is 16.6 Å². The summed E-state index contributed by atoms with van der Waals surface area (Å²) in [6, 6.07) is 6.65. The Morgan fingerprint density at radius 3 is 2.71 bits per heavy atom. The summed E-state index contributed by atoms with van der Waals surface area (Å²) < 4.78 is 36.3. The molecule has 1 N–H and O–H groups in total. The van der Waals surface area contributed by atoms with E-state index in [1.165, 1.54) is 25.5 Å². The number of nitrogens with one attached hydrogen (secondary N) is 1. The SMILES string of the molecule is COc1ccc(S(=O)(=O)NCc2ccco2)cc1[N+](=O)[O-]. The standard InChI is InChI=1S/C12H12N2O6S/c1-19-12-5-4-10(7-11(12)14(15)16)21(17,18)13-8-9-3-2-6-20-9/h2-7,13H,8H2,1H3. The molecule has 2 aromatic rings. The lowest BCUT2D eigenvalue weighted by molar-refractivity contribution is -0.386. The van der Waals surface area contributed by atoms with Crippen LogP contribution in [-0.4, -0.2) is 20.5 Å². The van der Waals surface area contributed by atoms with E-state index < -0.39 is 20.6 Å². The number of furan rings is 1. The first-order valence-electron chi connectivity index (χ1n) is 5.78. The van der Waals surface area contributed by atoms with Crippen molar-refractivity contribution >= 4 is 15.7 Å². The number of sulfonamides is 1. The highest BCUT2D eigenvalue weighted by Gasteiger charge is 2.22. The zero-order chi connectivity index (χ0) is 15.5. The maximum Gasteiger partial charge on any atom is 0.312 e. The highest BCUT2D eigenvalue weighted by Crippen LogP contribution is 2.29. The van der Waals surface area contributed by atoms with E-state index in [2.05, 4.69) is 4.72 Å². The van der Waals surface area contributed by atoms with Gasteiger partial charge >= 0.3 is 5.69 Å². The molecule has 21 heavy (non-hydrogen) atoms. The lowest BCUT2D eigenvalue weighted by Crippen LogP contribution is -2.23. The van der Waals surface area contributed by atoms with Gasteiger partial charge in [-0.2, -0.15) is 0 Å². The zero-order valence-electron chi connectivity index (χ0n) is 11.0. The summed E-state index contributed by atoms with van der Waals surface area (Å²) in [4.78, 5) is 9.98. The topological polar surface area (TPSA) is 112 Å². The summed E-state index contributed by atoms with van der Waals surface area (Å²) in [6.07, 6.45) is 1.42. The molecule has 0 saturated carbocycles. The van der Waals surface area contributed by atoms with Gasteiger partial charge in [0.05, 0.1) is 29.7 Å². The molecule has 8 nitrogen and oxygen atoms in total. The number of ether oxygens (including phenoxy) is 1. The van der Waals surface area contributed by atoms with Crippen molar-refractivity contribution < 1.29 is 22.5 Å². The molecule has 1 aromatic heterocycles. The molecule has 1 aromatic carbocycles. The number of rotatable bonds is 6. The van der Waals surface area contributed by atoms with Crippen molar-refractivity contribution in [2.75, 3.05) is 7.11 Å². The maximum absolute atomic E-state index is 12.1. The highest BCUT2D eigenvalue weighted by molar-refractivity contribution is 7.89. The molecular weight excluding hydrogens is 300 g/mol. The van der Waals surface area contributed by atoms with Crippen molar-refractivity contribution in [2.24, 2.45) is 0 Å². The lowest BCUT2D eigenvalue weighted by Gasteiger charge is -2.07. The Morgan fingerprint density at radius 1 is 1.38 bits per heavy atom. The Labute approximate surface area is 120 Å². The van der Waals surface area contributed by atoms with Crippen molar-refractivity contribution in [1.82, 2.24) is 4.72 Å². The van der Waals surface area contributed by atoms with E-state index in [4.69, 9.17) is 9.15 Å². The minimum absolute atomic E-state index is 0.00927. The molecule has 0 atom stereocenters. The van der Waals surface area contributed by atoms with Crippen LogP contribution in [0.4, 0.5) is 5.69 Å². The average Bonchev–Trinajstić information content (AvgIpc) is 2.97. The van der Waals surface area contributed by atoms with Crippen molar-refractivity contribution in [2.45, 2.75) is 11.4 Å². The number of nitro groups is 1. The predicted octanol–water partition coefficient (Wildman–Crippen LogP) is 1.67. The van der Waals surface area contributed by atoms with Crippen LogP contribution in [0.25, 0.3) is 0 Å². The Hall–Kier alpha value is -2.39. The van der Waals surface area contributed by atoms with Crippen molar-refractivity contribution in [3.63, 3.8) is 0 Å². The molecule has 0 aliphatic rings. The summed E-state index contributed by atoms with van der Waals surface area (Å²) in [5, 5.41) is 10.9. The summed E-state index contributed by atoms with van der Waals surface area (Å²) in [6.45, 7) is -0.0465. The minimum atomic E-state index is -3.89. The van der Waals surface area contributed by atoms with Crippen LogP contribution < -0.4 is 9.46 Å². The number of nitro benzene ring substituents is 1. The molecule has 0 aliphatic carbocycles. The highest BCUT2D eigenvalue weighted by atomic mass is 32.2. The third kappa shape index (κ3) is 3.38. The van der Waals surface area contributed by atoms with Crippen LogP contribution >= 0.6 is 0 Å². The van der Waals surface area contributed by atoms with Gasteiger partial charge in [-0.3, -0.25) is 10.1 Å². The number of benzene rings is 1. The third-order valence-electron chi connectivity index (χ3n) is 2.67. The monoisotopic (exact) mass is 312 g/mol. The first-order valence-corrected chi connectivity index (χ1v) is 7.27. The number of methoxy groups -OCH3 is 1. The second-order valence-electron chi connectivity index (χ2n) is 3.99. The molecule has 0 bridgehead atoms. The van der Waals surface area contributed by atoms with E-state index >= 15 is 0 Å². The first-order chi connectivity index (χ1) is 9.94. The lowest BCUT2D eigenvalue weighted by atomic mass is 10.3. The van der Waals surface area contributed by atoms with Gasteiger partial charge in [-0.05, 0) is 24.3 Å². The van der Waals surface area contributed by atoms with Gasteiger partial charge in [0.1, 0.15) is 5.76 Å². The molecule has 0 amide bonds. The van der Waals surface area contributed by atoms with Gasteiger partial charge in [0.25, 0.3) is 0 Å². The largest absolute Gasteiger partial charge is 0.490 e. The molecule has 2 rings (SSSR count). The number of nitrogens with zero attached hydrogens (tertiary/aromatic N) is 1. The fraction of sp³-hybridized carbons (Fsp3) is 0.167. The molecule has 0 saturated heterocycles. The zero-order valence-corrected chi connectivity index (χ0v) is 11.8.